The van der Waals surface area contributed by atoms with E-state index in [0.29, 0.717) is 24.5 Å². The van der Waals surface area contributed by atoms with Crippen LogP contribution in [0, 0.1) is 0 Å². The van der Waals surface area contributed by atoms with Crippen molar-refractivity contribution in [3.63, 3.8) is 0 Å². The number of sulfonamides is 1. The smallest absolute Gasteiger partial charge is 0.240 e. The Balaban J connectivity index is 2.53. The molecule has 1 rings (SSSR count). The number of hydrogen-bond acceptors (Lipinski definition) is 4. The van der Waals surface area contributed by atoms with Gasteiger partial charge in [0.2, 0.25) is 10.0 Å². The zero-order valence-corrected chi connectivity index (χ0v) is 13.0. The lowest BCUT2D eigenvalue weighted by atomic mass is 10.1. The molecule has 2 N–H and O–H groups in total. The van der Waals surface area contributed by atoms with Gasteiger partial charge in [-0.05, 0) is 50.6 Å². The number of aryl methyl sites for hydroxylation is 1. The molecule has 20 heavy (non-hydrogen) atoms. The molecule has 0 aliphatic heterocycles. The predicted molar refractivity (Wildman–Crippen MR) is 80.4 cm³/mol. The fraction of sp³-hybridized carbons (Fsp3) is 0.571. The Bertz CT molecular complexity index is 472. The molecule has 0 bridgehead atoms. The third-order valence-corrected chi connectivity index (χ3v) is 4.42. The molecule has 0 heterocycles. The highest BCUT2D eigenvalue weighted by Crippen LogP contribution is 2.11. The van der Waals surface area contributed by atoms with Gasteiger partial charge in [-0.15, -0.1) is 0 Å². The molecule has 0 spiro atoms. The SMILES string of the molecule is CNCCCc1ccc(S(=O)(=O)NCCCOC)cc1. The molecule has 1 aromatic rings. The molecule has 0 amide bonds. The van der Waals surface area contributed by atoms with E-state index in [9.17, 15) is 8.42 Å². The summed E-state index contributed by atoms with van der Waals surface area (Å²) in [6.45, 7) is 1.90. The molecule has 0 aromatic heterocycles. The number of rotatable bonds is 10. The number of ether oxygens (including phenoxy) is 1. The van der Waals surface area contributed by atoms with Crippen molar-refractivity contribution in [2.45, 2.75) is 24.2 Å². The van der Waals surface area contributed by atoms with Crippen LogP contribution in [0.1, 0.15) is 18.4 Å². The maximum atomic E-state index is 12.0. The maximum absolute atomic E-state index is 12.0. The number of hydrogen-bond donors (Lipinski definition) is 2. The van der Waals surface area contributed by atoms with Crippen LogP contribution in [0.5, 0.6) is 0 Å². The summed E-state index contributed by atoms with van der Waals surface area (Å²) in [6.07, 6.45) is 2.65. The number of nitrogens with one attached hydrogen (secondary N) is 2. The average Bonchev–Trinajstić information content (AvgIpc) is 2.45. The summed E-state index contributed by atoms with van der Waals surface area (Å²) in [7, 11) is 0.119. The summed E-state index contributed by atoms with van der Waals surface area (Å²) >= 11 is 0. The summed E-state index contributed by atoms with van der Waals surface area (Å²) in [5.74, 6) is 0. The van der Waals surface area contributed by atoms with Crippen molar-refractivity contribution >= 4 is 10.0 Å². The minimum Gasteiger partial charge on any atom is -0.385 e. The number of benzene rings is 1. The van der Waals surface area contributed by atoms with Crippen LogP contribution in [0.2, 0.25) is 0 Å². The molecule has 5 nitrogen and oxygen atoms in total. The van der Waals surface area contributed by atoms with Crippen LogP contribution in [-0.2, 0) is 21.2 Å². The zero-order valence-electron chi connectivity index (χ0n) is 12.2. The van der Waals surface area contributed by atoms with Gasteiger partial charge in [0, 0.05) is 20.3 Å². The van der Waals surface area contributed by atoms with E-state index in [2.05, 4.69) is 10.0 Å². The van der Waals surface area contributed by atoms with E-state index in [4.69, 9.17) is 4.74 Å². The normalized spacial score (nSPS) is 11.7. The fourth-order valence-electron chi connectivity index (χ4n) is 1.81. The largest absolute Gasteiger partial charge is 0.385 e. The summed E-state index contributed by atoms with van der Waals surface area (Å²) < 4.78 is 31.5. The molecule has 0 aliphatic rings. The number of methoxy groups -OCH3 is 1. The van der Waals surface area contributed by atoms with Crippen LogP contribution in [-0.4, -0.2) is 42.3 Å². The van der Waals surface area contributed by atoms with Crippen LogP contribution in [0.3, 0.4) is 0 Å². The maximum Gasteiger partial charge on any atom is 0.240 e. The molecular formula is C14H24N2O3S. The Morgan fingerprint density at radius 1 is 1.10 bits per heavy atom. The minimum atomic E-state index is -3.40. The Morgan fingerprint density at radius 2 is 1.80 bits per heavy atom. The van der Waals surface area contributed by atoms with Gasteiger partial charge in [-0.1, -0.05) is 12.1 Å². The summed E-state index contributed by atoms with van der Waals surface area (Å²) in [5, 5.41) is 3.09. The summed E-state index contributed by atoms with van der Waals surface area (Å²) in [6, 6.07) is 7.07. The fourth-order valence-corrected chi connectivity index (χ4v) is 2.89. The van der Waals surface area contributed by atoms with Gasteiger partial charge < -0.3 is 10.1 Å². The lowest BCUT2D eigenvalue weighted by Crippen LogP contribution is -2.25. The van der Waals surface area contributed by atoms with E-state index >= 15 is 0 Å². The van der Waals surface area contributed by atoms with Gasteiger partial charge in [0.1, 0.15) is 0 Å². The molecule has 0 fully saturated rings. The lowest BCUT2D eigenvalue weighted by Gasteiger charge is -2.07. The van der Waals surface area contributed by atoms with E-state index in [0.717, 1.165) is 24.9 Å². The zero-order chi connectivity index (χ0) is 14.8. The molecule has 0 saturated heterocycles. The second-order valence-electron chi connectivity index (χ2n) is 4.60. The Kier molecular flexibility index (Phi) is 7.76. The van der Waals surface area contributed by atoms with Gasteiger partial charge >= 0.3 is 0 Å². The van der Waals surface area contributed by atoms with Gasteiger partial charge in [0.05, 0.1) is 4.90 Å². The van der Waals surface area contributed by atoms with E-state index < -0.39 is 10.0 Å². The predicted octanol–water partition coefficient (Wildman–Crippen LogP) is 1.15. The van der Waals surface area contributed by atoms with Crippen molar-refractivity contribution < 1.29 is 13.2 Å². The van der Waals surface area contributed by atoms with Crippen LogP contribution in [0.15, 0.2) is 29.2 Å². The van der Waals surface area contributed by atoms with Gasteiger partial charge in [-0.25, -0.2) is 13.1 Å². The third kappa shape index (κ3) is 6.00. The van der Waals surface area contributed by atoms with Crippen molar-refractivity contribution in [3.05, 3.63) is 29.8 Å². The Hall–Kier alpha value is -0.950. The molecule has 1 aromatic carbocycles. The summed E-state index contributed by atoms with van der Waals surface area (Å²) in [4.78, 5) is 0.312. The molecule has 0 atom stereocenters. The molecule has 114 valence electrons. The van der Waals surface area contributed by atoms with Crippen molar-refractivity contribution in [3.8, 4) is 0 Å². The average molecular weight is 300 g/mol. The standard InChI is InChI=1S/C14H24N2O3S/c1-15-10-3-5-13-6-8-14(9-7-13)20(17,18)16-11-4-12-19-2/h6-9,15-16H,3-5,10-12H2,1-2H3. The van der Waals surface area contributed by atoms with Crippen molar-refractivity contribution in [1.29, 1.82) is 0 Å². The first-order chi connectivity index (χ1) is 9.60. The lowest BCUT2D eigenvalue weighted by molar-refractivity contribution is 0.196. The highest BCUT2D eigenvalue weighted by molar-refractivity contribution is 7.89. The summed E-state index contributed by atoms with van der Waals surface area (Å²) in [5.41, 5.74) is 1.15. The third-order valence-electron chi connectivity index (χ3n) is 2.94. The van der Waals surface area contributed by atoms with Gasteiger partial charge in [-0.3, -0.25) is 0 Å². The van der Waals surface area contributed by atoms with Crippen molar-refractivity contribution in [1.82, 2.24) is 10.0 Å². The van der Waals surface area contributed by atoms with Crippen LogP contribution < -0.4 is 10.0 Å². The Morgan fingerprint density at radius 3 is 2.40 bits per heavy atom. The van der Waals surface area contributed by atoms with Crippen LogP contribution in [0.25, 0.3) is 0 Å². The second kappa shape index (κ2) is 9.07. The van der Waals surface area contributed by atoms with E-state index in [1.54, 1.807) is 19.2 Å². The first-order valence-corrected chi connectivity index (χ1v) is 8.30. The van der Waals surface area contributed by atoms with Crippen molar-refractivity contribution in [2.24, 2.45) is 0 Å². The highest BCUT2D eigenvalue weighted by atomic mass is 32.2. The molecule has 0 unspecified atom stereocenters. The molecule has 0 saturated carbocycles. The Labute approximate surface area is 121 Å². The van der Waals surface area contributed by atoms with Gasteiger partial charge in [0.15, 0.2) is 0 Å². The highest BCUT2D eigenvalue weighted by Gasteiger charge is 2.12. The van der Waals surface area contributed by atoms with Crippen LogP contribution in [0.4, 0.5) is 0 Å². The molecule has 0 radical (unpaired) electrons. The van der Waals surface area contributed by atoms with Crippen molar-refractivity contribution in [2.75, 3.05) is 33.9 Å². The van der Waals surface area contributed by atoms with Gasteiger partial charge in [0.25, 0.3) is 0 Å². The molecule has 6 heteroatoms. The molecular weight excluding hydrogens is 276 g/mol. The van der Waals surface area contributed by atoms with Gasteiger partial charge in [-0.2, -0.15) is 0 Å². The van der Waals surface area contributed by atoms with E-state index in [-0.39, 0.29) is 0 Å². The van der Waals surface area contributed by atoms with Crippen LogP contribution >= 0.6 is 0 Å². The second-order valence-corrected chi connectivity index (χ2v) is 6.36. The first kappa shape index (κ1) is 17.1. The quantitative estimate of drug-likeness (QED) is 0.636. The van der Waals surface area contributed by atoms with E-state index in [1.807, 2.05) is 19.2 Å². The first-order valence-electron chi connectivity index (χ1n) is 6.82. The molecule has 0 aliphatic carbocycles. The van der Waals surface area contributed by atoms with E-state index in [1.165, 1.54) is 0 Å². The monoisotopic (exact) mass is 300 g/mol. The topological polar surface area (TPSA) is 67.4 Å². The minimum absolute atomic E-state index is 0.312.